The molecule has 8 heteroatoms. The summed E-state index contributed by atoms with van der Waals surface area (Å²) in [6, 6.07) is 2.22. The van der Waals surface area contributed by atoms with Gasteiger partial charge in [-0.2, -0.15) is 10.1 Å². The van der Waals surface area contributed by atoms with Crippen molar-refractivity contribution in [3.05, 3.63) is 34.5 Å². The van der Waals surface area contributed by atoms with E-state index in [2.05, 4.69) is 61.3 Å². The number of aromatic nitrogens is 6. The Balaban J connectivity index is 1.61. The van der Waals surface area contributed by atoms with Gasteiger partial charge in [-0.1, -0.05) is 36.4 Å². The average Bonchev–Trinajstić information content (AvgIpc) is 3.40. The van der Waals surface area contributed by atoms with E-state index < -0.39 is 0 Å². The molecule has 0 spiro atoms. The van der Waals surface area contributed by atoms with Crippen LogP contribution in [0.15, 0.2) is 6.07 Å². The average molecular weight is 493 g/mol. The summed E-state index contributed by atoms with van der Waals surface area (Å²) < 4.78 is 4.86. The van der Waals surface area contributed by atoms with E-state index in [9.17, 15) is 0 Å². The molecule has 0 atom stereocenters. The van der Waals surface area contributed by atoms with Gasteiger partial charge in [0.1, 0.15) is 5.82 Å². The molecule has 0 unspecified atom stereocenters. The molecular formula is C20H28IN7. The molecule has 1 aliphatic heterocycles. The first kappa shape index (κ1) is 19.6. The van der Waals surface area contributed by atoms with E-state index in [1.807, 2.05) is 9.20 Å². The third-order valence-electron chi connectivity index (χ3n) is 5.59. The Hall–Kier alpha value is -1.71. The van der Waals surface area contributed by atoms with E-state index in [4.69, 9.17) is 20.2 Å². The molecule has 4 heterocycles. The van der Waals surface area contributed by atoms with Gasteiger partial charge >= 0.3 is 0 Å². The van der Waals surface area contributed by atoms with Crippen LogP contribution in [0, 0.1) is 13.8 Å². The minimum absolute atomic E-state index is 0.408. The Morgan fingerprint density at radius 2 is 1.82 bits per heavy atom. The number of imidazole rings is 1. The van der Waals surface area contributed by atoms with E-state index in [-0.39, 0.29) is 0 Å². The smallest absolute Gasteiger partial charge is 0.244 e. The number of aryl methyl sites for hydroxylation is 4. The normalized spacial score (nSPS) is 14.7. The van der Waals surface area contributed by atoms with Crippen molar-refractivity contribution in [2.45, 2.75) is 63.8 Å². The number of rotatable bonds is 6. The van der Waals surface area contributed by atoms with Gasteiger partial charge in [0.25, 0.3) is 0 Å². The summed E-state index contributed by atoms with van der Waals surface area (Å²) in [5, 5.41) is 9.60. The van der Waals surface area contributed by atoms with Crippen LogP contribution >= 0.6 is 22.6 Å². The minimum Gasteiger partial charge on any atom is -0.340 e. The third kappa shape index (κ3) is 3.62. The molecule has 0 saturated carbocycles. The van der Waals surface area contributed by atoms with Crippen molar-refractivity contribution >= 4 is 34.2 Å². The summed E-state index contributed by atoms with van der Waals surface area (Å²) in [6.45, 7) is 10.7. The number of halogens is 1. The van der Waals surface area contributed by atoms with E-state index in [0.29, 0.717) is 5.92 Å². The number of nitrogens with zero attached hydrogens (tertiary/aromatic N) is 7. The zero-order chi connectivity index (χ0) is 19.8. The molecule has 1 aliphatic rings. The maximum atomic E-state index is 4.88. The Morgan fingerprint density at radius 3 is 2.50 bits per heavy atom. The van der Waals surface area contributed by atoms with Crippen molar-refractivity contribution in [2.24, 2.45) is 0 Å². The fourth-order valence-corrected chi connectivity index (χ4v) is 4.34. The molecule has 1 saturated heterocycles. The van der Waals surface area contributed by atoms with Crippen molar-refractivity contribution in [3.63, 3.8) is 0 Å². The first-order chi connectivity index (χ1) is 13.5. The zero-order valence-electron chi connectivity index (χ0n) is 17.1. The van der Waals surface area contributed by atoms with E-state index in [1.54, 1.807) is 0 Å². The predicted molar refractivity (Wildman–Crippen MR) is 119 cm³/mol. The monoisotopic (exact) mass is 493 g/mol. The minimum atomic E-state index is 0.408. The topological polar surface area (TPSA) is 64.1 Å². The van der Waals surface area contributed by atoms with Gasteiger partial charge in [0, 0.05) is 25.1 Å². The maximum Gasteiger partial charge on any atom is 0.244 e. The van der Waals surface area contributed by atoms with Crippen LogP contribution in [-0.2, 0) is 17.4 Å². The van der Waals surface area contributed by atoms with Crippen LogP contribution in [0.2, 0.25) is 0 Å². The Kier molecular flexibility index (Phi) is 5.57. The molecule has 3 aromatic rings. The molecule has 0 N–H and O–H groups in total. The van der Waals surface area contributed by atoms with Crippen molar-refractivity contribution in [3.8, 4) is 0 Å². The molecule has 4 rings (SSSR count). The highest BCUT2D eigenvalue weighted by atomic mass is 127. The first-order valence-electron chi connectivity index (χ1n) is 10.1. The molecule has 3 aromatic heterocycles. The quantitative estimate of drug-likeness (QED) is 0.386. The number of fused-ring (bicyclic) bond motifs is 1. The highest BCUT2D eigenvalue weighted by Gasteiger charge is 2.20. The first-order valence-corrected chi connectivity index (χ1v) is 11.6. The molecule has 1 fully saturated rings. The van der Waals surface area contributed by atoms with E-state index >= 15 is 0 Å². The highest BCUT2D eigenvalue weighted by Crippen LogP contribution is 2.23. The molecule has 28 heavy (non-hydrogen) atoms. The van der Waals surface area contributed by atoms with Crippen LogP contribution in [0.3, 0.4) is 0 Å². The lowest BCUT2D eigenvalue weighted by molar-refractivity contribution is 0.680. The van der Waals surface area contributed by atoms with Crippen molar-refractivity contribution in [1.82, 2.24) is 29.4 Å². The molecule has 0 radical (unpaired) electrons. The fraction of sp³-hybridized carbons (Fsp3) is 0.600. The van der Waals surface area contributed by atoms with Gasteiger partial charge in [-0.25, -0.2) is 14.2 Å². The lowest BCUT2D eigenvalue weighted by Gasteiger charge is -2.11. The largest absolute Gasteiger partial charge is 0.340 e. The molecule has 7 nitrogen and oxygen atoms in total. The summed E-state index contributed by atoms with van der Waals surface area (Å²) in [7, 11) is 0. The van der Waals surface area contributed by atoms with Gasteiger partial charge < -0.3 is 4.90 Å². The van der Waals surface area contributed by atoms with Crippen LogP contribution in [0.25, 0.3) is 5.65 Å². The molecule has 150 valence electrons. The van der Waals surface area contributed by atoms with E-state index in [1.165, 1.54) is 18.4 Å². The number of hydrogen-bond acceptors (Lipinski definition) is 5. The Morgan fingerprint density at radius 1 is 1.07 bits per heavy atom. The Bertz CT molecular complexity index is 982. The summed E-state index contributed by atoms with van der Waals surface area (Å²) in [5.41, 5.74) is 5.49. The Labute approximate surface area is 179 Å². The zero-order valence-corrected chi connectivity index (χ0v) is 19.3. The van der Waals surface area contributed by atoms with Gasteiger partial charge in [0.15, 0.2) is 5.65 Å². The summed E-state index contributed by atoms with van der Waals surface area (Å²) in [5.74, 6) is 2.34. The second-order valence-corrected chi connectivity index (χ2v) is 8.59. The third-order valence-corrected chi connectivity index (χ3v) is 6.24. The van der Waals surface area contributed by atoms with Crippen LogP contribution in [0.5, 0.6) is 0 Å². The van der Waals surface area contributed by atoms with Crippen LogP contribution in [0.1, 0.15) is 61.1 Å². The molecule has 0 bridgehead atoms. The standard InChI is InChI=1S/C20H28IN7/c1-13(2)17-11-16(24-28-15(4)14(3)22-19(17)28)7-8-18-23-20(25-27(18)12-21)26-9-5-6-10-26/h11,13H,5-10,12H2,1-4H3. The fourth-order valence-electron chi connectivity index (χ4n) is 3.79. The van der Waals surface area contributed by atoms with E-state index in [0.717, 1.165) is 65.0 Å². The second-order valence-electron chi connectivity index (χ2n) is 7.90. The predicted octanol–water partition coefficient (Wildman–Crippen LogP) is 3.84. The van der Waals surface area contributed by atoms with Gasteiger partial charge in [-0.3, -0.25) is 0 Å². The van der Waals surface area contributed by atoms with Crippen LogP contribution < -0.4 is 4.90 Å². The maximum absolute atomic E-state index is 4.88. The van der Waals surface area contributed by atoms with Crippen molar-refractivity contribution < 1.29 is 0 Å². The van der Waals surface area contributed by atoms with Gasteiger partial charge in [-0.15, -0.1) is 5.10 Å². The lowest BCUT2D eigenvalue weighted by atomic mass is 10.0. The molecule has 0 amide bonds. The van der Waals surface area contributed by atoms with Crippen LogP contribution in [-0.4, -0.2) is 42.5 Å². The van der Waals surface area contributed by atoms with Gasteiger partial charge in [-0.05, 0) is 45.1 Å². The van der Waals surface area contributed by atoms with Gasteiger partial charge in [0.2, 0.25) is 5.95 Å². The molecular weight excluding hydrogens is 465 g/mol. The highest BCUT2D eigenvalue weighted by molar-refractivity contribution is 14.1. The van der Waals surface area contributed by atoms with Crippen molar-refractivity contribution in [2.75, 3.05) is 18.0 Å². The van der Waals surface area contributed by atoms with Crippen molar-refractivity contribution in [1.29, 1.82) is 0 Å². The van der Waals surface area contributed by atoms with Crippen LogP contribution in [0.4, 0.5) is 5.95 Å². The molecule has 0 aromatic carbocycles. The number of hydrogen-bond donors (Lipinski definition) is 0. The SMILES string of the molecule is Cc1nc2c(C(C)C)cc(CCc3nc(N4CCCC4)nn3CI)nn2c1C. The van der Waals surface area contributed by atoms with Gasteiger partial charge in [0.05, 0.1) is 21.6 Å². The summed E-state index contributed by atoms with van der Waals surface area (Å²) in [6.07, 6.45) is 4.16. The summed E-state index contributed by atoms with van der Waals surface area (Å²) >= 11 is 2.36. The summed E-state index contributed by atoms with van der Waals surface area (Å²) in [4.78, 5) is 11.9. The second kappa shape index (κ2) is 7.96. The lowest BCUT2D eigenvalue weighted by Crippen LogP contribution is -2.19. The number of alkyl halides is 1. The number of anilines is 1. The molecule has 0 aliphatic carbocycles.